The van der Waals surface area contributed by atoms with Gasteiger partial charge in [0.25, 0.3) is 0 Å². The molecule has 0 saturated heterocycles. The summed E-state index contributed by atoms with van der Waals surface area (Å²) in [6.45, 7) is 4.99. The number of aryl methyl sites for hydroxylation is 2. The second-order valence-electron chi connectivity index (χ2n) is 6.29. The molecule has 0 unspecified atom stereocenters. The van der Waals surface area contributed by atoms with Crippen LogP contribution in [0.4, 0.5) is 5.13 Å². The van der Waals surface area contributed by atoms with Gasteiger partial charge in [-0.3, -0.25) is 0 Å². The molecule has 6 nitrogen and oxygen atoms in total. The Morgan fingerprint density at radius 3 is 2.63 bits per heavy atom. The monoisotopic (exact) mass is 380 g/mol. The molecule has 4 rings (SSSR count). The van der Waals surface area contributed by atoms with Crippen LogP contribution in [0, 0.1) is 13.8 Å². The summed E-state index contributed by atoms with van der Waals surface area (Å²) in [7, 11) is 0. The van der Waals surface area contributed by atoms with E-state index >= 15 is 0 Å². The quantitative estimate of drug-likeness (QED) is 0.489. The minimum Gasteiger partial charge on any atom is -0.507 e. The number of anilines is 1. The third-order valence-corrected chi connectivity index (χ3v) is 5.14. The number of rotatable bonds is 6. The number of hydrogen-bond donors (Lipinski definition) is 2. The number of nitrogens with zero attached hydrogens (tertiary/aromatic N) is 3. The Morgan fingerprint density at radius 1 is 1.15 bits per heavy atom. The minimum atomic E-state index is 0.332. The highest BCUT2D eigenvalue weighted by molar-refractivity contribution is 7.20. The van der Waals surface area contributed by atoms with Crippen molar-refractivity contribution in [2.24, 2.45) is 0 Å². The number of ether oxygens (including phenoxy) is 1. The Labute approximate surface area is 161 Å². The molecule has 0 saturated carbocycles. The average molecular weight is 380 g/mol. The summed E-state index contributed by atoms with van der Waals surface area (Å²) in [5, 5.41) is 18.7. The molecule has 2 heterocycles. The molecule has 0 radical (unpaired) electrons. The maximum Gasteiger partial charge on any atom is 0.214 e. The van der Waals surface area contributed by atoms with Crippen molar-refractivity contribution in [2.75, 3.05) is 18.5 Å². The average Bonchev–Trinajstić information content (AvgIpc) is 3.24. The normalized spacial score (nSPS) is 11.0. The summed E-state index contributed by atoms with van der Waals surface area (Å²) >= 11 is 1.50. The summed E-state index contributed by atoms with van der Waals surface area (Å²) < 4.78 is 7.51. The lowest BCUT2D eigenvalue weighted by molar-refractivity contribution is 0.333. The van der Waals surface area contributed by atoms with Crippen molar-refractivity contribution in [3.8, 4) is 22.8 Å². The predicted octanol–water partition coefficient (Wildman–Crippen LogP) is 4.27. The molecule has 0 aliphatic rings. The van der Waals surface area contributed by atoms with Gasteiger partial charge in [-0.2, -0.15) is 0 Å². The molecule has 0 amide bonds. The second-order valence-corrected chi connectivity index (χ2v) is 7.25. The summed E-state index contributed by atoms with van der Waals surface area (Å²) in [6, 6.07) is 13.6. The number of aromatic nitrogens is 3. The van der Waals surface area contributed by atoms with E-state index < -0.39 is 0 Å². The van der Waals surface area contributed by atoms with Crippen LogP contribution in [-0.2, 0) is 0 Å². The van der Waals surface area contributed by atoms with Gasteiger partial charge in [-0.15, -0.1) is 5.10 Å². The highest BCUT2D eigenvalue weighted by Gasteiger charge is 2.13. The highest BCUT2D eigenvalue weighted by atomic mass is 32.1. The fraction of sp³-hybridized carbons (Fsp3) is 0.200. The highest BCUT2D eigenvalue weighted by Crippen LogP contribution is 2.31. The van der Waals surface area contributed by atoms with Crippen LogP contribution < -0.4 is 10.1 Å². The number of fused-ring (bicyclic) bond motifs is 1. The van der Waals surface area contributed by atoms with E-state index in [9.17, 15) is 5.11 Å². The molecule has 7 heteroatoms. The van der Waals surface area contributed by atoms with Crippen LogP contribution in [0.3, 0.4) is 0 Å². The lowest BCUT2D eigenvalue weighted by Crippen LogP contribution is -2.11. The van der Waals surface area contributed by atoms with Crippen LogP contribution in [-0.4, -0.2) is 32.9 Å². The lowest BCUT2D eigenvalue weighted by atomic mass is 10.0. The molecule has 4 aromatic rings. The maximum absolute atomic E-state index is 9.99. The number of phenolic OH excluding ortho intramolecular Hbond substituents is 1. The Balaban J connectivity index is 1.47. The number of phenols is 1. The number of imidazole rings is 1. The van der Waals surface area contributed by atoms with Crippen molar-refractivity contribution >= 4 is 21.4 Å². The first kappa shape index (κ1) is 17.4. The van der Waals surface area contributed by atoms with E-state index in [4.69, 9.17) is 4.74 Å². The summed E-state index contributed by atoms with van der Waals surface area (Å²) in [5.41, 5.74) is 3.57. The summed E-state index contributed by atoms with van der Waals surface area (Å²) in [5.74, 6) is 1.19. The topological polar surface area (TPSA) is 71.7 Å². The fourth-order valence-electron chi connectivity index (χ4n) is 2.91. The van der Waals surface area contributed by atoms with Crippen LogP contribution in [0.1, 0.15) is 11.1 Å². The SMILES string of the molecule is Cc1cc(-c2cnc3sc(NCCOc4ccccc4)nn23)cc(C)c1O. The third kappa shape index (κ3) is 3.59. The summed E-state index contributed by atoms with van der Waals surface area (Å²) in [4.78, 5) is 5.28. The second kappa shape index (κ2) is 7.28. The zero-order valence-corrected chi connectivity index (χ0v) is 16.0. The summed E-state index contributed by atoms with van der Waals surface area (Å²) in [6.07, 6.45) is 1.81. The fourth-order valence-corrected chi connectivity index (χ4v) is 3.71. The van der Waals surface area contributed by atoms with Gasteiger partial charge in [0.2, 0.25) is 10.1 Å². The van der Waals surface area contributed by atoms with Crippen molar-refractivity contribution in [3.63, 3.8) is 0 Å². The van der Waals surface area contributed by atoms with Gasteiger partial charge in [-0.1, -0.05) is 29.5 Å². The molecule has 0 bridgehead atoms. The van der Waals surface area contributed by atoms with Crippen LogP contribution >= 0.6 is 11.3 Å². The molecule has 0 aliphatic carbocycles. The first-order chi connectivity index (χ1) is 13.1. The molecule has 2 aromatic heterocycles. The standard InChI is InChI=1S/C20H20N4O2S/c1-13-10-15(11-14(2)18(13)25)17-12-22-20-24(17)23-19(27-20)21-8-9-26-16-6-4-3-5-7-16/h3-7,10-12,25H,8-9H2,1-2H3,(H,21,23). The smallest absolute Gasteiger partial charge is 0.214 e. The van der Waals surface area contributed by atoms with Crippen molar-refractivity contribution < 1.29 is 9.84 Å². The first-order valence-corrected chi connectivity index (χ1v) is 9.50. The Bertz CT molecular complexity index is 1050. The zero-order chi connectivity index (χ0) is 18.8. The van der Waals surface area contributed by atoms with Crippen LogP contribution in [0.2, 0.25) is 0 Å². The number of aromatic hydroxyl groups is 1. The molecule has 27 heavy (non-hydrogen) atoms. The molecule has 0 fully saturated rings. The third-order valence-electron chi connectivity index (χ3n) is 4.26. The first-order valence-electron chi connectivity index (χ1n) is 8.68. The number of benzene rings is 2. The van der Waals surface area contributed by atoms with Gasteiger partial charge in [0, 0.05) is 5.56 Å². The van der Waals surface area contributed by atoms with Gasteiger partial charge < -0.3 is 15.2 Å². The van der Waals surface area contributed by atoms with E-state index in [0.717, 1.165) is 38.2 Å². The van der Waals surface area contributed by atoms with Crippen molar-refractivity contribution in [1.29, 1.82) is 0 Å². The van der Waals surface area contributed by atoms with Crippen LogP contribution in [0.15, 0.2) is 48.7 Å². The van der Waals surface area contributed by atoms with E-state index in [-0.39, 0.29) is 0 Å². The van der Waals surface area contributed by atoms with Crippen molar-refractivity contribution in [2.45, 2.75) is 13.8 Å². The van der Waals surface area contributed by atoms with Gasteiger partial charge in [-0.25, -0.2) is 9.50 Å². The Morgan fingerprint density at radius 2 is 1.89 bits per heavy atom. The molecular formula is C20H20N4O2S. The van der Waals surface area contributed by atoms with Gasteiger partial charge in [0.15, 0.2) is 0 Å². The molecule has 0 aliphatic heterocycles. The largest absolute Gasteiger partial charge is 0.507 e. The van der Waals surface area contributed by atoms with E-state index in [0.29, 0.717) is 18.9 Å². The molecular weight excluding hydrogens is 360 g/mol. The minimum absolute atomic E-state index is 0.332. The number of para-hydroxylation sites is 1. The predicted molar refractivity (Wildman–Crippen MR) is 108 cm³/mol. The molecule has 0 atom stereocenters. The lowest BCUT2D eigenvalue weighted by Gasteiger charge is -2.07. The number of nitrogens with one attached hydrogen (secondary N) is 1. The maximum atomic E-state index is 9.99. The molecule has 0 spiro atoms. The Hall–Kier alpha value is -3.06. The van der Waals surface area contributed by atoms with E-state index in [1.54, 1.807) is 0 Å². The van der Waals surface area contributed by atoms with Gasteiger partial charge in [0.05, 0.1) is 18.4 Å². The zero-order valence-electron chi connectivity index (χ0n) is 15.1. The van der Waals surface area contributed by atoms with Gasteiger partial charge in [0.1, 0.15) is 18.1 Å². The van der Waals surface area contributed by atoms with Gasteiger partial charge >= 0.3 is 0 Å². The molecule has 138 valence electrons. The van der Waals surface area contributed by atoms with Crippen LogP contribution in [0.25, 0.3) is 16.2 Å². The molecule has 2 aromatic carbocycles. The van der Waals surface area contributed by atoms with Crippen molar-refractivity contribution in [1.82, 2.24) is 14.6 Å². The number of hydrogen-bond acceptors (Lipinski definition) is 6. The van der Waals surface area contributed by atoms with E-state index in [1.165, 1.54) is 11.3 Å². The molecule has 2 N–H and O–H groups in total. The van der Waals surface area contributed by atoms with Crippen molar-refractivity contribution in [3.05, 3.63) is 59.8 Å². The van der Waals surface area contributed by atoms with E-state index in [1.807, 2.05) is 67.0 Å². The Kier molecular flexibility index (Phi) is 4.68. The van der Waals surface area contributed by atoms with E-state index in [2.05, 4.69) is 15.4 Å². The van der Waals surface area contributed by atoms with Crippen LogP contribution in [0.5, 0.6) is 11.5 Å². The van der Waals surface area contributed by atoms with Gasteiger partial charge in [-0.05, 0) is 49.2 Å².